The van der Waals surface area contributed by atoms with Crippen LogP contribution in [-0.4, -0.2) is 48.1 Å². The zero-order valence-corrected chi connectivity index (χ0v) is 18.2. The van der Waals surface area contributed by atoms with Crippen LogP contribution in [0.15, 0.2) is 66.5 Å². The molecule has 33 heavy (non-hydrogen) atoms. The van der Waals surface area contributed by atoms with Gasteiger partial charge in [0.15, 0.2) is 11.5 Å². The number of anilines is 1. The molecule has 0 bridgehead atoms. The summed E-state index contributed by atoms with van der Waals surface area (Å²) in [5.74, 6) is -0.529. The number of carbonyl (C=O) groups excluding carboxylic acids is 2. The van der Waals surface area contributed by atoms with E-state index in [2.05, 4.69) is 9.97 Å². The average molecular weight is 447 g/mol. The van der Waals surface area contributed by atoms with E-state index in [-0.39, 0.29) is 17.3 Å². The number of rotatable bonds is 6. The molecule has 2 heterocycles. The van der Waals surface area contributed by atoms with Crippen molar-refractivity contribution in [3.63, 3.8) is 0 Å². The van der Waals surface area contributed by atoms with Gasteiger partial charge in [-0.15, -0.1) is 0 Å². The van der Waals surface area contributed by atoms with Gasteiger partial charge in [0.1, 0.15) is 11.5 Å². The van der Waals surface area contributed by atoms with Crippen LogP contribution in [0, 0.1) is 0 Å². The molecule has 0 radical (unpaired) electrons. The highest BCUT2D eigenvalue weighted by Gasteiger charge is 2.48. The van der Waals surface area contributed by atoms with Gasteiger partial charge in [0.05, 0.1) is 32.9 Å². The van der Waals surface area contributed by atoms with Crippen molar-refractivity contribution in [2.75, 3.05) is 26.2 Å². The van der Waals surface area contributed by atoms with Crippen molar-refractivity contribution in [1.29, 1.82) is 0 Å². The molecular weight excluding hydrogens is 426 g/mol. The lowest BCUT2D eigenvalue weighted by Crippen LogP contribution is -2.31. The lowest BCUT2D eigenvalue weighted by atomic mass is 9.95. The van der Waals surface area contributed by atoms with Crippen molar-refractivity contribution in [2.24, 2.45) is 0 Å². The highest BCUT2D eigenvalue weighted by Crippen LogP contribution is 2.43. The number of carbonyl (C=O) groups is 2. The van der Waals surface area contributed by atoms with Gasteiger partial charge in [0.2, 0.25) is 5.95 Å². The molecule has 1 N–H and O–H groups in total. The van der Waals surface area contributed by atoms with Crippen molar-refractivity contribution < 1.29 is 28.9 Å². The molecule has 0 unspecified atom stereocenters. The second-order valence-electron chi connectivity index (χ2n) is 7.06. The Balaban J connectivity index is 1.94. The van der Waals surface area contributed by atoms with E-state index < -0.39 is 17.7 Å². The zero-order chi connectivity index (χ0) is 23.5. The van der Waals surface area contributed by atoms with Crippen LogP contribution in [-0.2, 0) is 9.59 Å². The first-order chi connectivity index (χ1) is 16.0. The Kier molecular flexibility index (Phi) is 5.95. The maximum atomic E-state index is 13.1. The summed E-state index contributed by atoms with van der Waals surface area (Å²) in [5, 5.41) is 11.1. The largest absolute Gasteiger partial charge is 0.507 e. The number of benzene rings is 2. The predicted molar refractivity (Wildman–Crippen MR) is 119 cm³/mol. The van der Waals surface area contributed by atoms with Gasteiger partial charge in [-0.25, -0.2) is 9.97 Å². The van der Waals surface area contributed by atoms with Crippen molar-refractivity contribution >= 4 is 23.4 Å². The minimum atomic E-state index is -0.991. The van der Waals surface area contributed by atoms with Crippen LogP contribution in [0.4, 0.5) is 5.95 Å². The molecule has 1 saturated heterocycles. The Hall–Kier alpha value is -4.40. The molecule has 1 aliphatic heterocycles. The van der Waals surface area contributed by atoms with Crippen molar-refractivity contribution in [2.45, 2.75) is 6.04 Å². The molecule has 1 aromatic heterocycles. The van der Waals surface area contributed by atoms with Crippen molar-refractivity contribution in [3.8, 4) is 17.2 Å². The number of aliphatic hydroxyl groups is 1. The Morgan fingerprint density at radius 3 is 2.18 bits per heavy atom. The Labute approximate surface area is 189 Å². The smallest absolute Gasteiger partial charge is 0.302 e. The number of Topliss-reactive ketones (excluding diaryl/α,β-unsaturated/α-hetero) is 1. The normalized spacial score (nSPS) is 17.2. The number of aromatic nitrogens is 2. The number of amides is 1. The van der Waals surface area contributed by atoms with Crippen LogP contribution < -0.4 is 19.1 Å². The number of ether oxygens (including phenoxy) is 3. The van der Waals surface area contributed by atoms with Gasteiger partial charge in [-0.3, -0.25) is 14.5 Å². The van der Waals surface area contributed by atoms with Crippen LogP contribution in [0.2, 0.25) is 0 Å². The first-order valence-corrected chi connectivity index (χ1v) is 9.94. The number of methoxy groups -OCH3 is 3. The molecule has 9 heteroatoms. The zero-order valence-electron chi connectivity index (χ0n) is 18.2. The molecule has 3 aromatic rings. The Bertz CT molecular complexity index is 1220. The maximum Gasteiger partial charge on any atom is 0.302 e. The molecule has 1 aliphatic rings. The average Bonchev–Trinajstić information content (AvgIpc) is 3.13. The van der Waals surface area contributed by atoms with E-state index >= 15 is 0 Å². The van der Waals surface area contributed by atoms with Gasteiger partial charge in [-0.2, -0.15) is 0 Å². The lowest BCUT2D eigenvalue weighted by Gasteiger charge is -2.24. The van der Waals surface area contributed by atoms with Crippen LogP contribution >= 0.6 is 0 Å². The van der Waals surface area contributed by atoms with E-state index in [0.29, 0.717) is 28.4 Å². The van der Waals surface area contributed by atoms with Crippen LogP contribution in [0.25, 0.3) is 5.76 Å². The topological polar surface area (TPSA) is 111 Å². The summed E-state index contributed by atoms with van der Waals surface area (Å²) >= 11 is 0. The first-order valence-electron chi connectivity index (χ1n) is 9.94. The second-order valence-corrected chi connectivity index (χ2v) is 7.06. The third-order valence-corrected chi connectivity index (χ3v) is 5.30. The standard InChI is InChI=1S/C24H21N3O6/c1-31-16-8-5-14(6-9-16)21(28)19-20(15-7-10-17(32-2)18(13-15)33-3)27(23(30)22(19)29)24-25-11-4-12-26-24/h4-13,20,28H,1-3H3/t20-/m1/s1. The number of ketones is 1. The third-order valence-electron chi connectivity index (χ3n) is 5.30. The summed E-state index contributed by atoms with van der Waals surface area (Å²) in [6.07, 6.45) is 2.94. The van der Waals surface area contributed by atoms with Gasteiger partial charge < -0.3 is 19.3 Å². The monoisotopic (exact) mass is 447 g/mol. The van der Waals surface area contributed by atoms with E-state index in [1.807, 2.05) is 0 Å². The van der Waals surface area contributed by atoms with E-state index in [4.69, 9.17) is 14.2 Å². The summed E-state index contributed by atoms with van der Waals surface area (Å²) in [4.78, 5) is 35.7. The molecule has 4 rings (SSSR count). The molecule has 9 nitrogen and oxygen atoms in total. The fraction of sp³-hybridized carbons (Fsp3) is 0.167. The van der Waals surface area contributed by atoms with Gasteiger partial charge in [-0.1, -0.05) is 6.07 Å². The molecule has 168 valence electrons. The molecule has 1 atom stereocenters. The lowest BCUT2D eigenvalue weighted by molar-refractivity contribution is -0.132. The quantitative estimate of drug-likeness (QED) is 0.349. The summed E-state index contributed by atoms with van der Waals surface area (Å²) in [7, 11) is 4.51. The second kappa shape index (κ2) is 8.99. The van der Waals surface area contributed by atoms with E-state index in [0.717, 1.165) is 0 Å². The summed E-state index contributed by atoms with van der Waals surface area (Å²) in [5.41, 5.74) is 0.771. The number of nitrogens with zero attached hydrogens (tertiary/aromatic N) is 3. The summed E-state index contributed by atoms with van der Waals surface area (Å²) in [6, 6.07) is 12.1. The number of hydrogen-bond donors (Lipinski definition) is 1. The Morgan fingerprint density at radius 2 is 1.58 bits per heavy atom. The third kappa shape index (κ3) is 3.84. The van der Waals surface area contributed by atoms with Gasteiger partial charge in [0.25, 0.3) is 5.78 Å². The van der Waals surface area contributed by atoms with Crippen molar-refractivity contribution in [3.05, 3.63) is 77.6 Å². The summed E-state index contributed by atoms with van der Waals surface area (Å²) in [6.45, 7) is 0. The van der Waals surface area contributed by atoms with Gasteiger partial charge >= 0.3 is 5.91 Å². The van der Waals surface area contributed by atoms with E-state index in [1.54, 1.807) is 48.5 Å². The molecule has 0 saturated carbocycles. The van der Waals surface area contributed by atoms with E-state index in [1.165, 1.54) is 38.6 Å². The highest BCUT2D eigenvalue weighted by molar-refractivity contribution is 6.51. The van der Waals surface area contributed by atoms with Crippen molar-refractivity contribution in [1.82, 2.24) is 9.97 Å². The maximum absolute atomic E-state index is 13.1. The molecule has 2 aromatic carbocycles. The van der Waals surface area contributed by atoms with Crippen LogP contribution in [0.3, 0.4) is 0 Å². The summed E-state index contributed by atoms with van der Waals surface area (Å²) < 4.78 is 15.9. The van der Waals surface area contributed by atoms with Crippen LogP contribution in [0.5, 0.6) is 17.2 Å². The molecule has 0 aliphatic carbocycles. The fourth-order valence-electron chi connectivity index (χ4n) is 3.70. The predicted octanol–water partition coefficient (Wildman–Crippen LogP) is 3.13. The molecule has 1 amide bonds. The van der Waals surface area contributed by atoms with Crippen LogP contribution in [0.1, 0.15) is 17.2 Å². The molecule has 1 fully saturated rings. The number of hydrogen-bond acceptors (Lipinski definition) is 8. The van der Waals surface area contributed by atoms with Gasteiger partial charge in [0, 0.05) is 18.0 Å². The fourth-order valence-corrected chi connectivity index (χ4v) is 3.70. The Morgan fingerprint density at radius 1 is 0.909 bits per heavy atom. The van der Waals surface area contributed by atoms with E-state index in [9.17, 15) is 14.7 Å². The molecule has 0 spiro atoms. The SMILES string of the molecule is COc1ccc(C(O)=C2C(=O)C(=O)N(c3ncccn3)[C@@H]2c2ccc(OC)c(OC)c2)cc1. The first kappa shape index (κ1) is 21.8. The highest BCUT2D eigenvalue weighted by atomic mass is 16.5. The van der Waals surface area contributed by atoms with Gasteiger partial charge in [-0.05, 0) is 48.0 Å². The number of aliphatic hydroxyl groups excluding tert-OH is 1. The minimum Gasteiger partial charge on any atom is -0.507 e. The minimum absolute atomic E-state index is 0.0353. The molecular formula is C24H21N3O6.